The first-order valence-corrected chi connectivity index (χ1v) is 10.9. The van der Waals surface area contributed by atoms with Crippen molar-refractivity contribution in [1.29, 1.82) is 0 Å². The van der Waals surface area contributed by atoms with Gasteiger partial charge in [0.1, 0.15) is 5.60 Å². The molecule has 0 spiro atoms. The largest absolute Gasteiger partial charge is 0.444 e. The van der Waals surface area contributed by atoms with E-state index in [-0.39, 0.29) is 5.91 Å². The lowest BCUT2D eigenvalue weighted by atomic mass is 10.1. The molecule has 2 aromatic rings. The molecule has 1 atom stereocenters. The SMILES string of the molecule is CC(C)(C)OC(=O)Nc1cccc(C(=O)NCC2CCN(c3cccc(Br)c3)C2)c1. The number of halogens is 1. The fourth-order valence-corrected chi connectivity index (χ4v) is 3.79. The molecule has 0 aromatic heterocycles. The van der Waals surface area contributed by atoms with Crippen LogP contribution in [0.3, 0.4) is 0 Å². The van der Waals surface area contributed by atoms with Gasteiger partial charge in [0.25, 0.3) is 5.91 Å². The molecule has 2 aromatic carbocycles. The van der Waals surface area contributed by atoms with E-state index < -0.39 is 11.7 Å². The van der Waals surface area contributed by atoms with Crippen molar-refractivity contribution in [3.63, 3.8) is 0 Å². The summed E-state index contributed by atoms with van der Waals surface area (Å²) in [6, 6.07) is 15.1. The number of nitrogens with one attached hydrogen (secondary N) is 2. The first-order chi connectivity index (χ1) is 14.2. The fraction of sp³-hybridized carbons (Fsp3) is 0.391. The van der Waals surface area contributed by atoms with Crippen LogP contribution in [0, 0.1) is 5.92 Å². The van der Waals surface area contributed by atoms with Gasteiger partial charge in [-0.25, -0.2) is 4.79 Å². The second-order valence-electron chi connectivity index (χ2n) is 8.50. The summed E-state index contributed by atoms with van der Waals surface area (Å²) >= 11 is 3.52. The molecule has 1 saturated heterocycles. The first kappa shape index (κ1) is 22.2. The lowest BCUT2D eigenvalue weighted by Crippen LogP contribution is -2.31. The monoisotopic (exact) mass is 473 g/mol. The predicted molar refractivity (Wildman–Crippen MR) is 123 cm³/mol. The van der Waals surface area contributed by atoms with E-state index in [2.05, 4.69) is 43.6 Å². The number of hydrogen-bond acceptors (Lipinski definition) is 4. The zero-order chi connectivity index (χ0) is 21.7. The third-order valence-corrected chi connectivity index (χ3v) is 5.27. The maximum Gasteiger partial charge on any atom is 0.412 e. The van der Waals surface area contributed by atoms with Crippen molar-refractivity contribution in [2.24, 2.45) is 5.92 Å². The number of carbonyl (C=O) groups is 2. The molecule has 0 bridgehead atoms. The molecule has 160 valence electrons. The van der Waals surface area contributed by atoms with E-state index in [4.69, 9.17) is 4.74 Å². The number of amides is 2. The topological polar surface area (TPSA) is 70.7 Å². The van der Waals surface area contributed by atoms with Gasteiger partial charge in [-0.3, -0.25) is 10.1 Å². The van der Waals surface area contributed by atoms with Crippen molar-refractivity contribution in [2.75, 3.05) is 29.9 Å². The van der Waals surface area contributed by atoms with Gasteiger partial charge in [-0.15, -0.1) is 0 Å². The molecule has 0 aliphatic carbocycles. The summed E-state index contributed by atoms with van der Waals surface area (Å²) in [7, 11) is 0. The Morgan fingerprint density at radius 3 is 2.67 bits per heavy atom. The van der Waals surface area contributed by atoms with Crippen molar-refractivity contribution in [3.05, 3.63) is 58.6 Å². The molecule has 30 heavy (non-hydrogen) atoms. The van der Waals surface area contributed by atoms with Crippen LogP contribution < -0.4 is 15.5 Å². The molecule has 1 unspecified atom stereocenters. The normalized spacial score (nSPS) is 16.3. The van der Waals surface area contributed by atoms with E-state index in [9.17, 15) is 9.59 Å². The van der Waals surface area contributed by atoms with Crippen molar-refractivity contribution < 1.29 is 14.3 Å². The number of anilines is 2. The molecule has 3 rings (SSSR count). The molecule has 0 saturated carbocycles. The van der Waals surface area contributed by atoms with Gasteiger partial charge < -0.3 is 15.0 Å². The highest BCUT2D eigenvalue weighted by atomic mass is 79.9. The standard InChI is InChI=1S/C23H28BrN3O3/c1-23(2,3)30-22(29)26-19-8-4-6-17(12-19)21(28)25-14-16-10-11-27(15-16)20-9-5-7-18(24)13-20/h4-9,12-13,16H,10-11,14-15H2,1-3H3,(H,25,28)(H,26,29). The highest BCUT2D eigenvalue weighted by Crippen LogP contribution is 2.26. The van der Waals surface area contributed by atoms with Crippen molar-refractivity contribution in [3.8, 4) is 0 Å². The summed E-state index contributed by atoms with van der Waals surface area (Å²) in [5, 5.41) is 5.69. The summed E-state index contributed by atoms with van der Waals surface area (Å²) < 4.78 is 6.32. The summed E-state index contributed by atoms with van der Waals surface area (Å²) in [6.45, 7) is 7.92. The summed E-state index contributed by atoms with van der Waals surface area (Å²) in [5.41, 5.74) is 1.65. The third kappa shape index (κ3) is 6.49. The van der Waals surface area contributed by atoms with Gasteiger partial charge in [0, 0.05) is 41.0 Å². The van der Waals surface area contributed by atoms with Crippen molar-refractivity contribution >= 4 is 39.3 Å². The zero-order valence-electron chi connectivity index (χ0n) is 17.6. The van der Waals surface area contributed by atoms with Crippen LogP contribution in [0.25, 0.3) is 0 Å². The highest BCUT2D eigenvalue weighted by molar-refractivity contribution is 9.10. The van der Waals surface area contributed by atoms with Gasteiger partial charge in [0.05, 0.1) is 0 Å². The maximum atomic E-state index is 12.6. The van der Waals surface area contributed by atoms with Crippen LogP contribution in [0.5, 0.6) is 0 Å². The number of carbonyl (C=O) groups excluding carboxylic acids is 2. The number of rotatable bonds is 5. The van der Waals surface area contributed by atoms with Crippen LogP contribution in [0.2, 0.25) is 0 Å². The Balaban J connectivity index is 1.51. The Labute approximate surface area is 186 Å². The second kappa shape index (κ2) is 9.51. The Bertz CT molecular complexity index is 911. The van der Waals surface area contributed by atoms with Gasteiger partial charge >= 0.3 is 6.09 Å². The van der Waals surface area contributed by atoms with Crippen LogP contribution in [-0.4, -0.2) is 37.2 Å². The summed E-state index contributed by atoms with van der Waals surface area (Å²) in [4.78, 5) is 26.9. The molecule has 1 aliphatic rings. The third-order valence-electron chi connectivity index (χ3n) is 4.78. The number of nitrogens with zero attached hydrogens (tertiary/aromatic N) is 1. The van der Waals surface area contributed by atoms with Gasteiger partial charge in [-0.1, -0.05) is 28.1 Å². The van der Waals surface area contributed by atoms with E-state index in [0.717, 1.165) is 24.0 Å². The minimum Gasteiger partial charge on any atom is -0.444 e. The minimum atomic E-state index is -0.579. The summed E-state index contributed by atoms with van der Waals surface area (Å²) in [6.07, 6.45) is 0.492. The molecular weight excluding hydrogens is 446 g/mol. The first-order valence-electron chi connectivity index (χ1n) is 10.1. The van der Waals surface area contributed by atoms with Gasteiger partial charge in [-0.05, 0) is 69.5 Å². The van der Waals surface area contributed by atoms with Crippen LogP contribution in [-0.2, 0) is 4.74 Å². The Hall–Kier alpha value is -2.54. The van der Waals surface area contributed by atoms with Crippen molar-refractivity contribution in [1.82, 2.24) is 5.32 Å². The Morgan fingerprint density at radius 2 is 1.93 bits per heavy atom. The van der Waals surface area contributed by atoms with Gasteiger partial charge in [0.2, 0.25) is 0 Å². The average Bonchev–Trinajstić information content (AvgIpc) is 3.14. The molecule has 0 radical (unpaired) electrons. The molecule has 6 nitrogen and oxygen atoms in total. The highest BCUT2D eigenvalue weighted by Gasteiger charge is 2.23. The van der Waals surface area contributed by atoms with E-state index in [0.29, 0.717) is 23.7 Å². The Kier molecular flexibility index (Phi) is 7.02. The molecular formula is C23H28BrN3O3. The number of ether oxygens (including phenoxy) is 1. The van der Waals surface area contributed by atoms with Crippen LogP contribution in [0.1, 0.15) is 37.6 Å². The predicted octanol–water partition coefficient (Wildman–Crippen LogP) is 5.05. The fourth-order valence-electron chi connectivity index (χ4n) is 3.41. The van der Waals surface area contributed by atoms with Crippen LogP contribution in [0.4, 0.5) is 16.2 Å². The number of benzene rings is 2. The Morgan fingerprint density at radius 1 is 1.17 bits per heavy atom. The summed E-state index contributed by atoms with van der Waals surface area (Å²) in [5.74, 6) is 0.250. The molecule has 7 heteroatoms. The van der Waals surface area contributed by atoms with E-state index >= 15 is 0 Å². The van der Waals surface area contributed by atoms with Gasteiger partial charge in [-0.2, -0.15) is 0 Å². The molecule has 2 amide bonds. The molecule has 1 heterocycles. The maximum absolute atomic E-state index is 12.6. The van der Waals surface area contributed by atoms with E-state index in [1.165, 1.54) is 5.69 Å². The van der Waals surface area contributed by atoms with Crippen molar-refractivity contribution in [2.45, 2.75) is 32.8 Å². The zero-order valence-corrected chi connectivity index (χ0v) is 19.2. The van der Waals surface area contributed by atoms with Crippen LogP contribution in [0.15, 0.2) is 53.0 Å². The lowest BCUT2D eigenvalue weighted by Gasteiger charge is -2.20. The number of hydrogen-bond donors (Lipinski definition) is 2. The average molecular weight is 474 g/mol. The molecule has 1 fully saturated rings. The molecule has 2 N–H and O–H groups in total. The quantitative estimate of drug-likeness (QED) is 0.636. The lowest BCUT2D eigenvalue weighted by molar-refractivity contribution is 0.0635. The second-order valence-corrected chi connectivity index (χ2v) is 9.41. The minimum absolute atomic E-state index is 0.149. The van der Waals surface area contributed by atoms with Gasteiger partial charge in [0.15, 0.2) is 0 Å². The molecule has 1 aliphatic heterocycles. The van der Waals surface area contributed by atoms with Crippen LogP contribution >= 0.6 is 15.9 Å². The van der Waals surface area contributed by atoms with E-state index in [1.807, 2.05) is 12.1 Å². The smallest absolute Gasteiger partial charge is 0.412 e. The van der Waals surface area contributed by atoms with E-state index in [1.54, 1.807) is 45.0 Å².